The molecule has 0 spiro atoms. The molecule has 1 fully saturated rings. The Hall–Kier alpha value is -2.39. The molecular formula is C18H16F3NO4S. The van der Waals surface area contributed by atoms with E-state index >= 15 is 0 Å². The lowest BCUT2D eigenvalue weighted by Gasteiger charge is -2.14. The number of ether oxygens (including phenoxy) is 1. The molecule has 9 heteroatoms. The first-order valence-corrected chi connectivity index (χ1v) is 9.23. The maximum absolute atomic E-state index is 13.0. The second-order valence-electron chi connectivity index (χ2n) is 6.08. The van der Waals surface area contributed by atoms with Gasteiger partial charge in [-0.3, -0.25) is 0 Å². The smallest absolute Gasteiger partial charge is 0.416 e. The molecule has 0 amide bonds. The van der Waals surface area contributed by atoms with Gasteiger partial charge in [0.2, 0.25) is 0 Å². The standard InChI is InChI=1S/C18H16F3NO4S/c19-18(20,21)12-3-8-16(26-10-17(23)24)15(9-12)11-1-6-14(7-2-11)27(25)22-13-4-5-13/h1-3,6-9,13,22H,4-5,10H2,(H,23,24). The van der Waals surface area contributed by atoms with E-state index in [0.29, 0.717) is 10.5 Å². The van der Waals surface area contributed by atoms with Crippen LogP contribution in [0.2, 0.25) is 0 Å². The van der Waals surface area contributed by atoms with Gasteiger partial charge in [0.05, 0.1) is 10.5 Å². The lowest BCUT2D eigenvalue weighted by Crippen LogP contribution is -2.19. The second-order valence-corrected chi connectivity index (χ2v) is 7.32. The number of nitrogens with one attached hydrogen (secondary N) is 1. The van der Waals surface area contributed by atoms with Crippen LogP contribution in [0.1, 0.15) is 18.4 Å². The van der Waals surface area contributed by atoms with Crippen molar-refractivity contribution < 1.29 is 32.0 Å². The van der Waals surface area contributed by atoms with Crippen molar-refractivity contribution in [3.8, 4) is 16.9 Å². The van der Waals surface area contributed by atoms with Gasteiger partial charge in [-0.2, -0.15) is 13.2 Å². The van der Waals surface area contributed by atoms with Gasteiger partial charge in [-0.05, 0) is 48.7 Å². The summed E-state index contributed by atoms with van der Waals surface area (Å²) in [5.41, 5.74) is -0.365. The van der Waals surface area contributed by atoms with Crippen molar-refractivity contribution in [3.63, 3.8) is 0 Å². The van der Waals surface area contributed by atoms with Gasteiger partial charge in [-0.15, -0.1) is 0 Å². The number of carbonyl (C=O) groups is 1. The number of halogens is 3. The molecule has 2 aromatic carbocycles. The topological polar surface area (TPSA) is 75.6 Å². The summed E-state index contributed by atoms with van der Waals surface area (Å²) >= 11 is 0. The summed E-state index contributed by atoms with van der Waals surface area (Å²) < 4.78 is 59.3. The molecule has 0 aromatic heterocycles. The fraction of sp³-hybridized carbons (Fsp3) is 0.278. The molecule has 0 aliphatic heterocycles. The Balaban J connectivity index is 1.91. The fourth-order valence-corrected chi connectivity index (χ4v) is 3.43. The van der Waals surface area contributed by atoms with Crippen molar-refractivity contribution >= 4 is 17.0 Å². The van der Waals surface area contributed by atoms with Crippen LogP contribution in [0.15, 0.2) is 47.4 Å². The number of hydrogen-bond donors (Lipinski definition) is 2. The lowest BCUT2D eigenvalue weighted by molar-refractivity contribution is -0.140. The molecule has 1 aliphatic carbocycles. The van der Waals surface area contributed by atoms with Crippen molar-refractivity contribution in [2.75, 3.05) is 6.61 Å². The van der Waals surface area contributed by atoms with Crippen molar-refractivity contribution in [1.29, 1.82) is 0 Å². The van der Waals surface area contributed by atoms with Crippen LogP contribution in [-0.4, -0.2) is 27.9 Å². The van der Waals surface area contributed by atoms with Gasteiger partial charge < -0.3 is 9.84 Å². The van der Waals surface area contributed by atoms with Crippen molar-refractivity contribution in [2.24, 2.45) is 0 Å². The van der Waals surface area contributed by atoms with Crippen LogP contribution in [-0.2, 0) is 22.0 Å². The highest BCUT2D eigenvalue weighted by Gasteiger charge is 2.31. The number of alkyl halides is 3. The van der Waals surface area contributed by atoms with Gasteiger partial charge in [0.25, 0.3) is 0 Å². The van der Waals surface area contributed by atoms with Crippen LogP contribution in [0.4, 0.5) is 13.2 Å². The molecule has 27 heavy (non-hydrogen) atoms. The molecule has 0 saturated heterocycles. The molecule has 2 aromatic rings. The largest absolute Gasteiger partial charge is 0.481 e. The van der Waals surface area contributed by atoms with Crippen LogP contribution in [0.5, 0.6) is 5.75 Å². The molecule has 1 unspecified atom stereocenters. The number of benzene rings is 2. The fourth-order valence-electron chi connectivity index (χ4n) is 2.38. The summed E-state index contributed by atoms with van der Waals surface area (Å²) in [6, 6.07) is 9.27. The van der Waals surface area contributed by atoms with Crippen LogP contribution in [0, 0.1) is 0 Å². The molecule has 2 N–H and O–H groups in total. The molecule has 1 saturated carbocycles. The third-order valence-electron chi connectivity index (χ3n) is 3.89. The summed E-state index contributed by atoms with van der Waals surface area (Å²) in [5.74, 6) is -1.21. The van der Waals surface area contributed by atoms with E-state index in [1.807, 2.05) is 0 Å². The normalized spacial score (nSPS) is 15.4. The number of carboxylic acids is 1. The Labute approximate surface area is 155 Å². The second kappa shape index (κ2) is 7.69. The summed E-state index contributed by atoms with van der Waals surface area (Å²) in [7, 11) is -1.39. The Kier molecular flexibility index (Phi) is 5.52. The van der Waals surface area contributed by atoms with Gasteiger partial charge in [0.1, 0.15) is 16.7 Å². The zero-order valence-electron chi connectivity index (χ0n) is 14.0. The summed E-state index contributed by atoms with van der Waals surface area (Å²) in [6.07, 6.45) is -2.60. The summed E-state index contributed by atoms with van der Waals surface area (Å²) in [5, 5.41) is 8.75. The molecule has 0 bridgehead atoms. The number of carboxylic acid groups (broad SMARTS) is 1. The molecule has 0 heterocycles. The molecule has 3 rings (SSSR count). The maximum atomic E-state index is 13.0. The minimum absolute atomic E-state index is 0.0235. The van der Waals surface area contributed by atoms with E-state index in [9.17, 15) is 22.2 Å². The van der Waals surface area contributed by atoms with Crippen LogP contribution >= 0.6 is 0 Å². The van der Waals surface area contributed by atoms with Crippen molar-refractivity contribution in [1.82, 2.24) is 4.72 Å². The summed E-state index contributed by atoms with van der Waals surface area (Å²) in [4.78, 5) is 11.2. The van der Waals surface area contributed by atoms with E-state index in [4.69, 9.17) is 9.84 Å². The van der Waals surface area contributed by atoms with E-state index in [1.165, 1.54) is 12.1 Å². The van der Waals surface area contributed by atoms with Gasteiger partial charge >= 0.3 is 12.1 Å². The Morgan fingerprint density at radius 1 is 1.19 bits per heavy atom. The zero-order chi connectivity index (χ0) is 19.6. The number of aliphatic carboxylic acids is 1. The Morgan fingerprint density at radius 2 is 1.85 bits per heavy atom. The minimum Gasteiger partial charge on any atom is -0.481 e. The summed E-state index contributed by atoms with van der Waals surface area (Å²) in [6.45, 7) is -0.675. The molecule has 144 valence electrons. The lowest BCUT2D eigenvalue weighted by atomic mass is 10.0. The first-order chi connectivity index (χ1) is 12.7. The highest BCUT2D eigenvalue weighted by Crippen LogP contribution is 2.37. The van der Waals surface area contributed by atoms with E-state index < -0.39 is 35.3 Å². The quantitative estimate of drug-likeness (QED) is 0.746. The van der Waals surface area contributed by atoms with Crippen LogP contribution < -0.4 is 9.46 Å². The van der Waals surface area contributed by atoms with Gasteiger partial charge in [0.15, 0.2) is 6.61 Å². The third kappa shape index (κ3) is 5.08. The average molecular weight is 399 g/mol. The molecular weight excluding hydrogens is 383 g/mol. The number of hydrogen-bond acceptors (Lipinski definition) is 3. The Bertz CT molecular complexity index is 864. The molecule has 1 atom stereocenters. The van der Waals surface area contributed by atoms with E-state index in [1.54, 1.807) is 12.1 Å². The van der Waals surface area contributed by atoms with E-state index in [2.05, 4.69) is 4.72 Å². The van der Waals surface area contributed by atoms with Gasteiger partial charge in [-0.25, -0.2) is 13.7 Å². The number of rotatable bonds is 7. The van der Waals surface area contributed by atoms with Gasteiger partial charge in [-0.1, -0.05) is 12.1 Å². The first kappa shape index (κ1) is 19.4. The highest BCUT2D eigenvalue weighted by molar-refractivity contribution is 7.83. The monoisotopic (exact) mass is 399 g/mol. The third-order valence-corrected chi connectivity index (χ3v) is 5.14. The van der Waals surface area contributed by atoms with Crippen molar-refractivity contribution in [2.45, 2.75) is 30.0 Å². The molecule has 5 nitrogen and oxygen atoms in total. The van der Waals surface area contributed by atoms with Crippen molar-refractivity contribution in [3.05, 3.63) is 48.0 Å². The Morgan fingerprint density at radius 3 is 2.41 bits per heavy atom. The predicted molar refractivity (Wildman–Crippen MR) is 92.6 cm³/mol. The minimum atomic E-state index is -4.55. The SMILES string of the molecule is O=C(O)COc1ccc(C(F)(F)F)cc1-c1ccc(S(=O)NC2CC2)cc1. The average Bonchev–Trinajstić information content (AvgIpc) is 3.43. The first-order valence-electron chi connectivity index (χ1n) is 8.08. The van der Waals surface area contributed by atoms with E-state index in [-0.39, 0.29) is 17.4 Å². The van der Waals surface area contributed by atoms with Crippen LogP contribution in [0.25, 0.3) is 11.1 Å². The predicted octanol–water partition coefficient (Wildman–Crippen LogP) is 3.61. The van der Waals surface area contributed by atoms with Gasteiger partial charge in [0, 0.05) is 11.6 Å². The highest BCUT2D eigenvalue weighted by atomic mass is 32.2. The van der Waals surface area contributed by atoms with Crippen LogP contribution in [0.3, 0.4) is 0 Å². The maximum Gasteiger partial charge on any atom is 0.416 e. The molecule has 1 aliphatic rings. The zero-order valence-corrected chi connectivity index (χ0v) is 14.8. The van der Waals surface area contributed by atoms with E-state index in [0.717, 1.165) is 31.0 Å². The molecule has 0 radical (unpaired) electrons.